The molecule has 4 heteroatoms. The van der Waals surface area contributed by atoms with Gasteiger partial charge in [-0.2, -0.15) is 0 Å². The zero-order chi connectivity index (χ0) is 10.3. The van der Waals surface area contributed by atoms with Crippen LogP contribution >= 0.6 is 34.8 Å². The lowest BCUT2D eigenvalue weighted by atomic mass is 10.1. The van der Waals surface area contributed by atoms with Gasteiger partial charge in [0.05, 0.1) is 6.61 Å². The van der Waals surface area contributed by atoms with E-state index in [2.05, 4.69) is 0 Å². The van der Waals surface area contributed by atoms with Gasteiger partial charge in [0.15, 0.2) is 4.30 Å². The highest BCUT2D eigenvalue weighted by Gasteiger charge is 1.90. The molecule has 0 unspecified atom stereocenters. The Bertz CT molecular complexity index is 235. The number of hydrogen-bond donors (Lipinski definition) is 1. The summed E-state index contributed by atoms with van der Waals surface area (Å²) in [6.45, 7) is 2.14. The topological polar surface area (TPSA) is 20.2 Å². The van der Waals surface area contributed by atoms with Crippen molar-refractivity contribution in [3.8, 4) is 0 Å². The maximum absolute atomic E-state index is 8.72. The lowest BCUT2D eigenvalue weighted by Crippen LogP contribution is -1.85. The molecular weight excluding hydrogens is 230 g/mol. The van der Waals surface area contributed by atoms with Crippen LogP contribution in [-0.2, 0) is 6.61 Å². The molecule has 1 rings (SSSR count). The Hall–Kier alpha value is 0.0500. The summed E-state index contributed by atoms with van der Waals surface area (Å²) in [7, 11) is 0. The van der Waals surface area contributed by atoms with Crippen molar-refractivity contribution in [1.82, 2.24) is 0 Å². The molecule has 74 valence electrons. The average Bonchev–Trinajstić information content (AvgIpc) is 2.04. The SMILES string of the molecule is Cc1ccccc1CO.ClC(Cl)Cl. The van der Waals surface area contributed by atoms with Gasteiger partial charge in [-0.25, -0.2) is 0 Å². The lowest BCUT2D eigenvalue weighted by Gasteiger charge is -1.97. The Morgan fingerprint density at radius 1 is 1.23 bits per heavy atom. The molecule has 0 saturated carbocycles. The summed E-state index contributed by atoms with van der Waals surface area (Å²) in [5, 5.41) is 8.72. The van der Waals surface area contributed by atoms with Crippen LogP contribution in [0.5, 0.6) is 0 Å². The minimum Gasteiger partial charge on any atom is -0.392 e. The highest BCUT2D eigenvalue weighted by molar-refractivity contribution is 6.63. The number of rotatable bonds is 1. The molecule has 0 heterocycles. The zero-order valence-electron chi connectivity index (χ0n) is 7.17. The molecule has 0 aliphatic carbocycles. The summed E-state index contributed by atoms with van der Waals surface area (Å²) in [5.74, 6) is 0. The Labute approximate surface area is 93.2 Å². The molecule has 0 bridgehead atoms. The maximum Gasteiger partial charge on any atom is 0.180 e. The number of alkyl halides is 3. The molecule has 1 aromatic rings. The number of benzene rings is 1. The molecule has 0 radical (unpaired) electrons. The fraction of sp³-hybridized carbons (Fsp3) is 0.333. The molecule has 0 amide bonds. The van der Waals surface area contributed by atoms with E-state index in [1.807, 2.05) is 31.2 Å². The summed E-state index contributed by atoms with van der Waals surface area (Å²) in [6, 6.07) is 7.81. The summed E-state index contributed by atoms with van der Waals surface area (Å²) >= 11 is 14.4. The van der Waals surface area contributed by atoms with Crippen molar-refractivity contribution in [3.63, 3.8) is 0 Å². The van der Waals surface area contributed by atoms with Crippen molar-refractivity contribution in [2.45, 2.75) is 17.8 Å². The van der Waals surface area contributed by atoms with Crippen molar-refractivity contribution in [2.24, 2.45) is 0 Å². The third kappa shape index (κ3) is 7.15. The zero-order valence-corrected chi connectivity index (χ0v) is 9.44. The van der Waals surface area contributed by atoms with E-state index < -0.39 is 4.30 Å². The Balaban J connectivity index is 0.000000310. The van der Waals surface area contributed by atoms with Crippen LogP contribution in [0, 0.1) is 6.92 Å². The van der Waals surface area contributed by atoms with Crippen molar-refractivity contribution in [1.29, 1.82) is 0 Å². The van der Waals surface area contributed by atoms with E-state index in [0.29, 0.717) is 0 Å². The first-order chi connectivity index (χ1) is 6.07. The Morgan fingerprint density at radius 3 is 2.00 bits per heavy atom. The molecule has 0 fully saturated rings. The van der Waals surface area contributed by atoms with Crippen LogP contribution in [0.4, 0.5) is 0 Å². The lowest BCUT2D eigenvalue weighted by molar-refractivity contribution is 0.281. The van der Waals surface area contributed by atoms with Gasteiger partial charge < -0.3 is 5.11 Å². The molecule has 13 heavy (non-hydrogen) atoms. The number of hydrogen-bond acceptors (Lipinski definition) is 1. The van der Waals surface area contributed by atoms with E-state index in [0.717, 1.165) is 11.1 Å². The first-order valence-corrected chi connectivity index (χ1v) is 4.96. The van der Waals surface area contributed by atoms with Gasteiger partial charge in [0.1, 0.15) is 0 Å². The molecule has 0 aliphatic heterocycles. The van der Waals surface area contributed by atoms with Crippen molar-refractivity contribution >= 4 is 34.8 Å². The van der Waals surface area contributed by atoms with Crippen LogP contribution in [-0.4, -0.2) is 9.40 Å². The van der Waals surface area contributed by atoms with Crippen molar-refractivity contribution < 1.29 is 5.11 Å². The summed E-state index contributed by atoms with van der Waals surface area (Å²) in [5.41, 5.74) is 2.16. The molecule has 1 nitrogen and oxygen atoms in total. The van der Waals surface area contributed by atoms with Crippen LogP contribution < -0.4 is 0 Å². The predicted octanol–water partition coefficient (Wildman–Crippen LogP) is 3.47. The second-order valence-electron chi connectivity index (χ2n) is 2.33. The van der Waals surface area contributed by atoms with Gasteiger partial charge in [-0.3, -0.25) is 0 Å². The molecular formula is C9H11Cl3O. The second-order valence-corrected chi connectivity index (χ2v) is 4.31. The van der Waals surface area contributed by atoms with E-state index in [1.165, 1.54) is 0 Å². The van der Waals surface area contributed by atoms with E-state index in [1.54, 1.807) is 0 Å². The third-order valence-electron chi connectivity index (χ3n) is 1.43. The molecule has 0 atom stereocenters. The van der Waals surface area contributed by atoms with E-state index in [9.17, 15) is 0 Å². The predicted molar refractivity (Wildman–Crippen MR) is 58.4 cm³/mol. The maximum atomic E-state index is 8.72. The van der Waals surface area contributed by atoms with E-state index in [-0.39, 0.29) is 6.61 Å². The number of aryl methyl sites for hydroxylation is 1. The molecule has 1 N–H and O–H groups in total. The minimum absolute atomic E-state index is 0.146. The standard InChI is InChI=1S/C8H10O.CHCl3/c1-7-4-2-3-5-8(7)6-9;2-1(3)4/h2-5,9H,6H2,1H3;1H. The average molecular weight is 242 g/mol. The monoisotopic (exact) mass is 240 g/mol. The third-order valence-corrected chi connectivity index (χ3v) is 1.43. The van der Waals surface area contributed by atoms with Gasteiger partial charge in [0, 0.05) is 0 Å². The van der Waals surface area contributed by atoms with E-state index in [4.69, 9.17) is 39.9 Å². The van der Waals surface area contributed by atoms with Crippen LogP contribution in [0.3, 0.4) is 0 Å². The summed E-state index contributed by atoms with van der Waals surface area (Å²) in [4.78, 5) is 0. The first-order valence-electron chi connectivity index (χ1n) is 3.65. The highest BCUT2D eigenvalue weighted by Crippen LogP contribution is 2.05. The van der Waals surface area contributed by atoms with Gasteiger partial charge in [0.25, 0.3) is 0 Å². The quantitative estimate of drug-likeness (QED) is 0.747. The molecule has 0 saturated heterocycles. The van der Waals surface area contributed by atoms with E-state index >= 15 is 0 Å². The molecule has 0 spiro atoms. The fourth-order valence-electron chi connectivity index (χ4n) is 0.787. The first kappa shape index (κ1) is 13.1. The largest absolute Gasteiger partial charge is 0.392 e. The van der Waals surface area contributed by atoms with Crippen molar-refractivity contribution in [2.75, 3.05) is 0 Å². The normalized spacial score (nSPS) is 9.38. The van der Waals surface area contributed by atoms with Gasteiger partial charge in [0.2, 0.25) is 0 Å². The Kier molecular flexibility index (Phi) is 7.48. The summed E-state index contributed by atoms with van der Waals surface area (Å²) in [6.07, 6.45) is 0. The van der Waals surface area contributed by atoms with Gasteiger partial charge >= 0.3 is 0 Å². The molecule has 1 aromatic carbocycles. The fourth-order valence-corrected chi connectivity index (χ4v) is 0.787. The number of aliphatic hydroxyl groups is 1. The smallest absolute Gasteiger partial charge is 0.180 e. The van der Waals surface area contributed by atoms with Crippen LogP contribution in [0.1, 0.15) is 11.1 Å². The van der Waals surface area contributed by atoms with Gasteiger partial charge in [-0.05, 0) is 18.1 Å². The molecule has 0 aromatic heterocycles. The van der Waals surface area contributed by atoms with Crippen molar-refractivity contribution in [3.05, 3.63) is 35.4 Å². The highest BCUT2D eigenvalue weighted by atomic mass is 35.6. The van der Waals surface area contributed by atoms with Crippen LogP contribution in [0.15, 0.2) is 24.3 Å². The molecule has 0 aliphatic rings. The van der Waals surface area contributed by atoms with Crippen LogP contribution in [0.25, 0.3) is 0 Å². The van der Waals surface area contributed by atoms with Gasteiger partial charge in [-0.15, -0.1) is 0 Å². The Morgan fingerprint density at radius 2 is 1.69 bits per heavy atom. The minimum atomic E-state index is -0.750. The number of halogens is 3. The van der Waals surface area contributed by atoms with Crippen LogP contribution in [0.2, 0.25) is 0 Å². The summed E-state index contributed by atoms with van der Waals surface area (Å²) < 4.78 is -0.750. The second kappa shape index (κ2) is 7.45. The number of aliphatic hydroxyl groups excluding tert-OH is 1. The van der Waals surface area contributed by atoms with Gasteiger partial charge in [-0.1, -0.05) is 59.1 Å².